The highest BCUT2D eigenvalue weighted by atomic mass is 16.5. The summed E-state index contributed by atoms with van der Waals surface area (Å²) >= 11 is 0. The molecule has 0 fully saturated rings. The quantitative estimate of drug-likeness (QED) is 0.219. The maximum absolute atomic E-state index is 13.6. The van der Waals surface area contributed by atoms with Gasteiger partial charge in [-0.25, -0.2) is 0 Å². The fourth-order valence-electron chi connectivity index (χ4n) is 5.81. The normalized spacial score (nSPS) is 13.9. The number of amides is 2. The summed E-state index contributed by atoms with van der Waals surface area (Å²) in [7, 11) is 7.54. The zero-order valence-electron chi connectivity index (χ0n) is 24.0. The minimum absolute atomic E-state index is 0.137. The molecule has 6 rings (SSSR count). The molecule has 5 aromatic rings. The van der Waals surface area contributed by atoms with E-state index in [0.717, 1.165) is 32.9 Å². The highest BCUT2D eigenvalue weighted by Crippen LogP contribution is 2.44. The molecule has 1 unspecified atom stereocenters. The van der Waals surface area contributed by atoms with Crippen molar-refractivity contribution >= 4 is 33.6 Å². The minimum atomic E-state index is -0.313. The van der Waals surface area contributed by atoms with Gasteiger partial charge in [-0.05, 0) is 50.8 Å². The number of rotatable bonds is 8. The van der Waals surface area contributed by atoms with Gasteiger partial charge in [0.15, 0.2) is 0 Å². The van der Waals surface area contributed by atoms with Crippen LogP contribution in [0.4, 0.5) is 0 Å². The Bertz CT molecular complexity index is 1810. The molecule has 0 N–H and O–H groups in total. The Morgan fingerprint density at radius 1 is 0.805 bits per heavy atom. The highest BCUT2D eigenvalue weighted by Gasteiger charge is 2.39. The number of nitrogens with zero attached hydrogens (tertiary/aromatic N) is 3. The van der Waals surface area contributed by atoms with Gasteiger partial charge in [-0.2, -0.15) is 0 Å². The molecule has 208 valence electrons. The third kappa shape index (κ3) is 4.62. The molecule has 7 heteroatoms. The summed E-state index contributed by atoms with van der Waals surface area (Å²) in [5, 5.41) is 1.75. The van der Waals surface area contributed by atoms with E-state index >= 15 is 0 Å². The molecule has 0 saturated carbocycles. The van der Waals surface area contributed by atoms with Crippen molar-refractivity contribution in [3.05, 3.63) is 95.6 Å². The van der Waals surface area contributed by atoms with Crippen LogP contribution >= 0.6 is 0 Å². The van der Waals surface area contributed by atoms with Crippen LogP contribution < -0.4 is 9.47 Å². The molecular weight excluding hydrogens is 514 g/mol. The molecule has 1 aliphatic rings. The third-order valence-electron chi connectivity index (χ3n) is 7.68. The number of carbonyl (C=O) groups is 2. The summed E-state index contributed by atoms with van der Waals surface area (Å²) in [5.74, 6) is 0.650. The Labute approximate surface area is 239 Å². The molecule has 0 spiro atoms. The molecule has 0 bridgehead atoms. The minimum Gasteiger partial charge on any atom is -0.489 e. The zero-order chi connectivity index (χ0) is 28.8. The molecule has 7 nitrogen and oxygen atoms in total. The number of fused-ring (bicyclic) bond motifs is 5. The standard InChI is InChI=1S/C34H33N3O4/c1-21(19-35(2)3)41-29-17-23(40-20-22-11-7-6-8-12-22)15-16-24(29)26-18-28-30(25-13-9-10-14-27(25)36(28)4)32-31(26)33(38)37(5)34(32)39/h6-18,21H,19-20H2,1-5H3. The number of benzene rings is 4. The summed E-state index contributed by atoms with van der Waals surface area (Å²) < 4.78 is 14.7. The molecule has 2 amide bonds. The molecule has 1 atom stereocenters. The van der Waals surface area contributed by atoms with Gasteiger partial charge in [0.1, 0.15) is 24.2 Å². The van der Waals surface area contributed by atoms with Crippen molar-refractivity contribution in [2.45, 2.75) is 19.6 Å². The fraction of sp³-hybridized carbons (Fsp3) is 0.235. The first-order chi connectivity index (χ1) is 19.7. The van der Waals surface area contributed by atoms with Crippen molar-refractivity contribution < 1.29 is 19.1 Å². The Morgan fingerprint density at radius 2 is 1.51 bits per heavy atom. The zero-order valence-corrected chi connectivity index (χ0v) is 24.0. The number of hydrogen-bond acceptors (Lipinski definition) is 5. The predicted octanol–water partition coefficient (Wildman–Crippen LogP) is 6.13. The first kappa shape index (κ1) is 26.6. The van der Waals surface area contributed by atoms with E-state index in [9.17, 15) is 9.59 Å². The number of aromatic nitrogens is 1. The van der Waals surface area contributed by atoms with Gasteiger partial charge in [0.2, 0.25) is 0 Å². The van der Waals surface area contributed by atoms with Crippen LogP contribution in [0.25, 0.3) is 32.9 Å². The van der Waals surface area contributed by atoms with Crippen LogP contribution in [0.5, 0.6) is 11.5 Å². The monoisotopic (exact) mass is 547 g/mol. The van der Waals surface area contributed by atoms with Crippen LogP contribution in [-0.4, -0.2) is 60.0 Å². The average Bonchev–Trinajstić information content (AvgIpc) is 3.37. The molecule has 1 aromatic heterocycles. The summed E-state index contributed by atoms with van der Waals surface area (Å²) in [6.45, 7) is 3.14. The van der Waals surface area contributed by atoms with E-state index < -0.39 is 0 Å². The summed E-state index contributed by atoms with van der Waals surface area (Å²) in [4.78, 5) is 30.4. The van der Waals surface area contributed by atoms with Gasteiger partial charge in [-0.1, -0.05) is 48.5 Å². The highest BCUT2D eigenvalue weighted by molar-refractivity contribution is 6.32. The van der Waals surface area contributed by atoms with Crippen molar-refractivity contribution in [2.75, 3.05) is 27.7 Å². The number of hydrogen-bond donors (Lipinski definition) is 0. The lowest BCUT2D eigenvalue weighted by Crippen LogP contribution is -2.28. The van der Waals surface area contributed by atoms with Crippen LogP contribution in [0.3, 0.4) is 0 Å². The summed E-state index contributed by atoms with van der Waals surface area (Å²) in [5.41, 5.74) is 5.20. The maximum Gasteiger partial charge on any atom is 0.262 e. The van der Waals surface area contributed by atoms with E-state index in [4.69, 9.17) is 9.47 Å². The molecule has 0 saturated heterocycles. The van der Waals surface area contributed by atoms with Gasteiger partial charge in [0.25, 0.3) is 11.8 Å². The molecule has 2 heterocycles. The molecule has 41 heavy (non-hydrogen) atoms. The van der Waals surface area contributed by atoms with Crippen LogP contribution in [0.1, 0.15) is 33.2 Å². The van der Waals surface area contributed by atoms with Gasteiger partial charge in [-0.15, -0.1) is 0 Å². The molecule has 1 aliphatic heterocycles. The van der Waals surface area contributed by atoms with Crippen LogP contribution in [0.2, 0.25) is 0 Å². The van der Waals surface area contributed by atoms with Crippen molar-refractivity contribution in [3.63, 3.8) is 0 Å². The first-order valence-electron chi connectivity index (χ1n) is 13.7. The van der Waals surface area contributed by atoms with E-state index in [-0.39, 0.29) is 17.9 Å². The van der Waals surface area contributed by atoms with Crippen LogP contribution in [0, 0.1) is 0 Å². The van der Waals surface area contributed by atoms with Crippen LogP contribution in [-0.2, 0) is 13.7 Å². The summed E-state index contributed by atoms with van der Waals surface area (Å²) in [6, 6.07) is 25.7. The fourth-order valence-corrected chi connectivity index (χ4v) is 5.81. The lowest BCUT2D eigenvalue weighted by Gasteiger charge is -2.22. The van der Waals surface area contributed by atoms with Crippen LogP contribution in [0.15, 0.2) is 78.9 Å². The topological polar surface area (TPSA) is 64.0 Å². The van der Waals surface area contributed by atoms with Crippen molar-refractivity contribution in [2.24, 2.45) is 7.05 Å². The molecule has 4 aromatic carbocycles. The lowest BCUT2D eigenvalue weighted by molar-refractivity contribution is 0.0694. The third-order valence-corrected chi connectivity index (χ3v) is 7.68. The van der Waals surface area contributed by atoms with Gasteiger partial charge >= 0.3 is 0 Å². The van der Waals surface area contributed by atoms with Gasteiger partial charge in [-0.3, -0.25) is 14.5 Å². The van der Waals surface area contributed by atoms with E-state index in [1.807, 2.05) is 107 Å². The van der Waals surface area contributed by atoms with Gasteiger partial charge < -0.3 is 18.9 Å². The lowest BCUT2D eigenvalue weighted by atomic mass is 9.92. The second-order valence-corrected chi connectivity index (χ2v) is 10.9. The number of likely N-dealkylation sites (N-methyl/N-ethyl adjacent to an activating group) is 1. The average molecular weight is 548 g/mol. The maximum atomic E-state index is 13.6. The SMILES string of the molecule is CC(CN(C)C)Oc1cc(OCc2ccccc2)ccc1-c1cc2c(c3c1C(=O)N(C)C3=O)c1ccccc1n2C. The van der Waals surface area contributed by atoms with Gasteiger partial charge in [0, 0.05) is 54.1 Å². The Hall–Kier alpha value is -4.62. The number of carbonyl (C=O) groups excluding carboxylic acids is 2. The number of aryl methyl sites for hydroxylation is 1. The number of para-hydroxylation sites is 1. The molecular formula is C34H33N3O4. The smallest absolute Gasteiger partial charge is 0.262 e. The largest absolute Gasteiger partial charge is 0.489 e. The van der Waals surface area contributed by atoms with Crippen molar-refractivity contribution in [3.8, 4) is 22.6 Å². The van der Waals surface area contributed by atoms with E-state index in [2.05, 4.69) is 9.47 Å². The number of ether oxygens (including phenoxy) is 2. The first-order valence-corrected chi connectivity index (χ1v) is 13.7. The molecule has 0 aliphatic carbocycles. The van der Waals surface area contributed by atoms with Crippen molar-refractivity contribution in [1.82, 2.24) is 14.4 Å². The second-order valence-electron chi connectivity index (χ2n) is 10.9. The van der Waals surface area contributed by atoms with Gasteiger partial charge in [0.05, 0.1) is 16.6 Å². The summed E-state index contributed by atoms with van der Waals surface area (Å²) in [6.07, 6.45) is -0.137. The predicted molar refractivity (Wildman–Crippen MR) is 162 cm³/mol. The molecule has 0 radical (unpaired) electrons. The van der Waals surface area contributed by atoms with Crippen molar-refractivity contribution in [1.29, 1.82) is 0 Å². The van der Waals surface area contributed by atoms with E-state index in [1.165, 1.54) is 4.90 Å². The van der Waals surface area contributed by atoms with E-state index in [0.29, 0.717) is 41.3 Å². The Balaban J connectivity index is 1.54. The van der Waals surface area contributed by atoms with E-state index in [1.54, 1.807) is 7.05 Å². The number of imide groups is 1. The second kappa shape index (κ2) is 10.4. The Kier molecular flexibility index (Phi) is 6.75. The Morgan fingerprint density at radius 3 is 2.27 bits per heavy atom.